The van der Waals surface area contributed by atoms with Crippen molar-refractivity contribution in [2.75, 3.05) is 0 Å². The van der Waals surface area contributed by atoms with Crippen molar-refractivity contribution in [1.82, 2.24) is 9.97 Å². The number of hydrogen-bond donors (Lipinski definition) is 1. The van der Waals surface area contributed by atoms with E-state index in [-0.39, 0.29) is 23.8 Å². The van der Waals surface area contributed by atoms with Gasteiger partial charge in [-0.05, 0) is 63.5 Å². The molecule has 2 aromatic rings. The summed E-state index contributed by atoms with van der Waals surface area (Å²) < 4.78 is 11.1. The fourth-order valence-electron chi connectivity index (χ4n) is 5.73. The molecule has 9 heteroatoms. The SMILES string of the molecule is N#CC1CCC2(CC1)OC(=O)c1ccncc12.O=C1OC2(CCC(C(=O)O)CC2)c2cnccc21. The summed E-state index contributed by atoms with van der Waals surface area (Å²) in [5.41, 5.74) is 1.79. The Hall–Kier alpha value is -3.80. The van der Waals surface area contributed by atoms with E-state index in [0.29, 0.717) is 36.8 Å². The number of aliphatic carboxylic acids is 1. The average Bonchev–Trinajstić information content (AvgIpc) is 3.31. The van der Waals surface area contributed by atoms with Crippen LogP contribution in [-0.4, -0.2) is 33.0 Å². The predicted octanol–water partition coefficient (Wildman–Crippen LogP) is 3.88. The third-order valence-corrected chi connectivity index (χ3v) is 7.76. The Balaban J connectivity index is 0.000000145. The fourth-order valence-corrected chi connectivity index (χ4v) is 5.73. The van der Waals surface area contributed by atoms with E-state index < -0.39 is 17.2 Å². The van der Waals surface area contributed by atoms with E-state index in [1.165, 1.54) is 0 Å². The predicted molar refractivity (Wildman–Crippen MR) is 120 cm³/mol. The second kappa shape index (κ2) is 8.77. The zero-order chi connectivity index (χ0) is 24.6. The minimum Gasteiger partial charge on any atom is -0.481 e. The molecule has 0 unspecified atom stereocenters. The average molecular weight is 476 g/mol. The Kier molecular flexibility index (Phi) is 5.75. The summed E-state index contributed by atoms with van der Waals surface area (Å²) in [5.74, 6) is -1.56. The minimum absolute atomic E-state index is 0.0973. The van der Waals surface area contributed by atoms with Gasteiger partial charge >= 0.3 is 17.9 Å². The smallest absolute Gasteiger partial charge is 0.339 e. The van der Waals surface area contributed by atoms with Crippen LogP contribution in [-0.2, 0) is 25.5 Å². The second-order valence-corrected chi connectivity index (χ2v) is 9.63. The first kappa shape index (κ1) is 23.0. The van der Waals surface area contributed by atoms with Crippen molar-refractivity contribution in [3.63, 3.8) is 0 Å². The number of fused-ring (bicyclic) bond motifs is 4. The van der Waals surface area contributed by atoms with Gasteiger partial charge < -0.3 is 14.6 Å². The van der Waals surface area contributed by atoms with Crippen LogP contribution in [0.2, 0.25) is 0 Å². The topological polar surface area (TPSA) is 139 Å². The van der Waals surface area contributed by atoms with Crippen molar-refractivity contribution >= 4 is 17.9 Å². The third kappa shape index (κ3) is 3.93. The number of carboxylic acids is 1. The first-order valence-electron chi connectivity index (χ1n) is 11.9. The highest BCUT2D eigenvalue weighted by Crippen LogP contribution is 2.48. The summed E-state index contributed by atoms with van der Waals surface area (Å²) >= 11 is 0. The molecule has 0 aromatic carbocycles. The number of carbonyl (C=O) groups excluding carboxylic acids is 2. The van der Waals surface area contributed by atoms with Crippen LogP contribution in [0.5, 0.6) is 0 Å². The van der Waals surface area contributed by atoms with Gasteiger partial charge in [0, 0.05) is 41.8 Å². The number of hydrogen-bond acceptors (Lipinski definition) is 8. The van der Waals surface area contributed by atoms with Crippen LogP contribution in [0.3, 0.4) is 0 Å². The summed E-state index contributed by atoms with van der Waals surface area (Å²) in [6.45, 7) is 0. The van der Waals surface area contributed by atoms with Gasteiger partial charge in [0.15, 0.2) is 0 Å². The van der Waals surface area contributed by atoms with Crippen LogP contribution in [0, 0.1) is 23.2 Å². The Morgan fingerprint density at radius 3 is 1.77 bits per heavy atom. The molecule has 9 nitrogen and oxygen atoms in total. The lowest BCUT2D eigenvalue weighted by Crippen LogP contribution is -2.34. The van der Waals surface area contributed by atoms with Crippen LogP contribution in [0.4, 0.5) is 0 Å². The molecule has 2 saturated carbocycles. The summed E-state index contributed by atoms with van der Waals surface area (Å²) in [5, 5.41) is 17.9. The van der Waals surface area contributed by atoms with Crippen LogP contribution in [0.25, 0.3) is 0 Å². The molecule has 0 amide bonds. The van der Waals surface area contributed by atoms with E-state index in [2.05, 4.69) is 16.0 Å². The van der Waals surface area contributed by atoms with E-state index in [0.717, 1.165) is 36.8 Å². The van der Waals surface area contributed by atoms with E-state index >= 15 is 0 Å². The van der Waals surface area contributed by atoms with Crippen molar-refractivity contribution < 1.29 is 29.0 Å². The number of carboxylic acid groups (broad SMARTS) is 1. The number of aromatic nitrogens is 2. The fraction of sp³-hybridized carbons (Fsp3) is 0.462. The number of rotatable bonds is 1. The molecule has 35 heavy (non-hydrogen) atoms. The van der Waals surface area contributed by atoms with Crippen molar-refractivity contribution in [2.24, 2.45) is 11.8 Å². The van der Waals surface area contributed by atoms with Crippen molar-refractivity contribution in [3.8, 4) is 6.07 Å². The molecule has 0 saturated heterocycles. The monoisotopic (exact) mass is 475 g/mol. The highest BCUT2D eigenvalue weighted by molar-refractivity contribution is 5.95. The Labute approximate surface area is 202 Å². The Bertz CT molecular complexity index is 1220. The van der Waals surface area contributed by atoms with E-state index in [1.54, 1.807) is 36.9 Å². The quantitative estimate of drug-likeness (QED) is 0.608. The Morgan fingerprint density at radius 2 is 1.34 bits per heavy atom. The third-order valence-electron chi connectivity index (χ3n) is 7.76. The lowest BCUT2D eigenvalue weighted by atomic mass is 9.75. The number of esters is 2. The van der Waals surface area contributed by atoms with E-state index in [9.17, 15) is 14.4 Å². The summed E-state index contributed by atoms with van der Waals surface area (Å²) in [6.07, 6.45) is 11.8. The van der Waals surface area contributed by atoms with Crippen molar-refractivity contribution in [1.29, 1.82) is 5.26 Å². The van der Waals surface area contributed by atoms with Gasteiger partial charge in [-0.3, -0.25) is 14.8 Å². The summed E-state index contributed by atoms with van der Waals surface area (Å²) in [6, 6.07) is 5.66. The van der Waals surface area contributed by atoms with Crippen LogP contribution in [0.15, 0.2) is 36.9 Å². The molecule has 2 aromatic heterocycles. The highest BCUT2D eigenvalue weighted by atomic mass is 16.6. The number of pyridine rings is 2. The van der Waals surface area contributed by atoms with Crippen LogP contribution in [0.1, 0.15) is 83.2 Å². The first-order valence-corrected chi connectivity index (χ1v) is 11.9. The van der Waals surface area contributed by atoms with Gasteiger partial charge in [-0.15, -0.1) is 0 Å². The van der Waals surface area contributed by atoms with Gasteiger partial charge in [0.05, 0.1) is 23.1 Å². The molecule has 2 spiro atoms. The molecular weight excluding hydrogens is 450 g/mol. The van der Waals surface area contributed by atoms with Gasteiger partial charge in [0.1, 0.15) is 11.2 Å². The molecule has 4 aliphatic rings. The molecule has 2 aliphatic carbocycles. The summed E-state index contributed by atoms with van der Waals surface area (Å²) in [4.78, 5) is 42.6. The molecule has 1 N–H and O–H groups in total. The first-order chi connectivity index (χ1) is 16.9. The normalized spacial score (nSPS) is 30.4. The van der Waals surface area contributed by atoms with Gasteiger partial charge in [0.25, 0.3) is 0 Å². The summed E-state index contributed by atoms with van der Waals surface area (Å²) in [7, 11) is 0. The van der Waals surface area contributed by atoms with Crippen molar-refractivity contribution in [2.45, 2.75) is 62.6 Å². The molecule has 0 radical (unpaired) electrons. The number of nitriles is 1. The number of carbonyl (C=O) groups is 3. The van der Waals surface area contributed by atoms with E-state index in [4.69, 9.17) is 19.8 Å². The van der Waals surface area contributed by atoms with Gasteiger partial charge in [-0.25, -0.2) is 9.59 Å². The zero-order valence-electron chi connectivity index (χ0n) is 19.1. The number of nitrogens with zero attached hydrogens (tertiary/aromatic N) is 3. The van der Waals surface area contributed by atoms with E-state index in [1.807, 2.05) is 0 Å². The molecule has 4 heterocycles. The molecule has 180 valence electrons. The van der Waals surface area contributed by atoms with Gasteiger partial charge in [-0.1, -0.05) is 0 Å². The molecule has 0 bridgehead atoms. The highest BCUT2D eigenvalue weighted by Gasteiger charge is 2.49. The molecule has 2 aliphatic heterocycles. The standard InChI is InChI=1S/C13H12N2O2.C13H13NO4/c14-7-9-1-4-13(5-2-9)11-8-15-6-3-10(11)12(16)17-13;15-11(16)8-1-4-13(5-2-8)10-7-14-6-3-9(10)12(17)18-13/h3,6,8-9H,1-2,4-5H2;3,6-8H,1-2,4-5H2,(H,15,16). The zero-order valence-corrected chi connectivity index (χ0v) is 19.1. The van der Waals surface area contributed by atoms with Gasteiger partial charge in [0.2, 0.25) is 0 Å². The van der Waals surface area contributed by atoms with Gasteiger partial charge in [-0.2, -0.15) is 5.26 Å². The lowest BCUT2D eigenvalue weighted by molar-refractivity contribution is -0.144. The maximum atomic E-state index is 11.8. The molecule has 0 atom stereocenters. The second-order valence-electron chi connectivity index (χ2n) is 9.63. The maximum absolute atomic E-state index is 11.8. The maximum Gasteiger partial charge on any atom is 0.339 e. The minimum atomic E-state index is -0.763. The van der Waals surface area contributed by atoms with Crippen LogP contribution < -0.4 is 0 Å². The largest absolute Gasteiger partial charge is 0.481 e. The Morgan fingerprint density at radius 1 is 0.886 bits per heavy atom. The molecule has 2 fully saturated rings. The number of ether oxygens (including phenoxy) is 2. The van der Waals surface area contributed by atoms with Crippen molar-refractivity contribution in [3.05, 3.63) is 59.2 Å². The molecule has 6 rings (SSSR count). The van der Waals surface area contributed by atoms with Crippen LogP contribution >= 0.6 is 0 Å². The lowest BCUT2D eigenvalue weighted by Gasteiger charge is -2.34. The molecular formula is C26H25N3O6.